The van der Waals surface area contributed by atoms with E-state index in [1.165, 1.54) is 12.4 Å². The first-order valence-corrected chi connectivity index (χ1v) is 13.2. The third-order valence-corrected chi connectivity index (χ3v) is 6.43. The van der Waals surface area contributed by atoms with E-state index in [2.05, 4.69) is 30.5 Å². The average Bonchev–Trinajstić information content (AvgIpc) is 3.00. The molecule has 1 aliphatic rings. The molecule has 0 bridgehead atoms. The Labute approximate surface area is 233 Å². The monoisotopic (exact) mass is 540 g/mol. The van der Waals surface area contributed by atoms with Crippen LogP contribution in [0.2, 0.25) is 0 Å². The maximum absolute atomic E-state index is 12.2. The van der Waals surface area contributed by atoms with E-state index in [9.17, 15) is 4.79 Å². The first kappa shape index (κ1) is 27.0. The summed E-state index contributed by atoms with van der Waals surface area (Å²) in [7, 11) is 1.63. The van der Waals surface area contributed by atoms with Gasteiger partial charge in [-0.25, -0.2) is 9.97 Å². The predicted octanol–water partition coefficient (Wildman–Crippen LogP) is 4.53. The van der Waals surface area contributed by atoms with E-state index in [0.717, 1.165) is 61.4 Å². The SMILES string of the molecule is COc1cc2c(Nc3ccc(C=CC(=O)Nc4cccnc4)cc3)ncnc2cc1OCCCN1CCOCC1. The zero-order chi connectivity index (χ0) is 27.6. The van der Waals surface area contributed by atoms with Crippen LogP contribution in [0.5, 0.6) is 11.5 Å². The van der Waals surface area contributed by atoms with Crippen molar-refractivity contribution >= 4 is 40.1 Å². The van der Waals surface area contributed by atoms with Crippen LogP contribution in [0.1, 0.15) is 12.0 Å². The molecule has 1 amide bonds. The van der Waals surface area contributed by atoms with E-state index in [4.69, 9.17) is 14.2 Å². The largest absolute Gasteiger partial charge is 0.493 e. The highest BCUT2D eigenvalue weighted by atomic mass is 16.5. The molecular weight excluding hydrogens is 508 g/mol. The first-order chi connectivity index (χ1) is 19.7. The Morgan fingerprint density at radius 1 is 1.07 bits per heavy atom. The Balaban J connectivity index is 1.21. The maximum atomic E-state index is 12.2. The molecule has 0 spiro atoms. The van der Waals surface area contributed by atoms with E-state index < -0.39 is 0 Å². The van der Waals surface area contributed by atoms with Crippen LogP contribution in [0.15, 0.2) is 73.3 Å². The first-order valence-electron chi connectivity index (χ1n) is 13.2. The fraction of sp³-hybridized carbons (Fsp3) is 0.267. The lowest BCUT2D eigenvalue weighted by Gasteiger charge is -2.26. The fourth-order valence-corrected chi connectivity index (χ4v) is 4.34. The minimum absolute atomic E-state index is 0.225. The van der Waals surface area contributed by atoms with Gasteiger partial charge >= 0.3 is 0 Å². The summed E-state index contributed by atoms with van der Waals surface area (Å²) in [6.45, 7) is 5.08. The third-order valence-electron chi connectivity index (χ3n) is 6.43. The minimum atomic E-state index is -0.225. The molecule has 206 valence electrons. The Hall–Kier alpha value is -4.54. The van der Waals surface area contributed by atoms with Crippen LogP contribution in [0.3, 0.4) is 0 Å². The minimum Gasteiger partial charge on any atom is -0.493 e. The molecule has 1 saturated heterocycles. The van der Waals surface area contributed by atoms with Crippen molar-refractivity contribution in [1.29, 1.82) is 0 Å². The number of methoxy groups -OCH3 is 1. The molecule has 1 fully saturated rings. The lowest BCUT2D eigenvalue weighted by Crippen LogP contribution is -2.37. The lowest BCUT2D eigenvalue weighted by atomic mass is 10.1. The fourth-order valence-electron chi connectivity index (χ4n) is 4.34. The van der Waals surface area contributed by atoms with Crippen molar-refractivity contribution in [2.45, 2.75) is 6.42 Å². The average molecular weight is 541 g/mol. The molecule has 0 aliphatic carbocycles. The summed E-state index contributed by atoms with van der Waals surface area (Å²) < 4.78 is 17.1. The normalized spacial score (nSPS) is 13.8. The molecule has 2 aromatic carbocycles. The summed E-state index contributed by atoms with van der Waals surface area (Å²) in [6.07, 6.45) is 8.93. The number of nitrogens with one attached hydrogen (secondary N) is 2. The summed E-state index contributed by atoms with van der Waals surface area (Å²) in [5.74, 6) is 1.71. The molecule has 2 N–H and O–H groups in total. The highest BCUT2D eigenvalue weighted by Crippen LogP contribution is 2.34. The summed E-state index contributed by atoms with van der Waals surface area (Å²) >= 11 is 0. The van der Waals surface area contributed by atoms with Gasteiger partial charge in [-0.1, -0.05) is 12.1 Å². The van der Waals surface area contributed by atoms with Crippen LogP contribution < -0.4 is 20.1 Å². The zero-order valence-corrected chi connectivity index (χ0v) is 22.4. The number of anilines is 3. The number of ether oxygens (including phenoxy) is 3. The number of carbonyl (C=O) groups is 1. The van der Waals surface area contributed by atoms with Crippen LogP contribution in [0, 0.1) is 0 Å². The van der Waals surface area contributed by atoms with Gasteiger partial charge in [-0.05, 0) is 48.4 Å². The molecule has 0 saturated carbocycles. The van der Waals surface area contributed by atoms with Gasteiger partial charge in [-0.2, -0.15) is 0 Å². The Morgan fingerprint density at radius 3 is 2.70 bits per heavy atom. The van der Waals surface area contributed by atoms with Gasteiger partial charge in [0.25, 0.3) is 0 Å². The van der Waals surface area contributed by atoms with Crippen LogP contribution in [-0.2, 0) is 9.53 Å². The van der Waals surface area contributed by atoms with E-state index in [1.54, 1.807) is 37.7 Å². The van der Waals surface area contributed by atoms with Crippen LogP contribution in [0.4, 0.5) is 17.2 Å². The number of aromatic nitrogens is 3. The molecule has 5 rings (SSSR count). The van der Waals surface area contributed by atoms with Gasteiger partial charge < -0.3 is 24.8 Å². The molecule has 0 atom stereocenters. The highest BCUT2D eigenvalue weighted by Gasteiger charge is 2.13. The van der Waals surface area contributed by atoms with E-state index in [-0.39, 0.29) is 5.91 Å². The number of hydrogen-bond donors (Lipinski definition) is 2. The number of pyridine rings is 1. The van der Waals surface area contributed by atoms with Crippen molar-refractivity contribution in [2.24, 2.45) is 0 Å². The Morgan fingerprint density at radius 2 is 1.93 bits per heavy atom. The molecule has 0 radical (unpaired) electrons. The number of rotatable bonds is 11. The smallest absolute Gasteiger partial charge is 0.248 e. The predicted molar refractivity (Wildman–Crippen MR) is 155 cm³/mol. The van der Waals surface area contributed by atoms with Gasteiger partial charge in [0.1, 0.15) is 12.1 Å². The maximum Gasteiger partial charge on any atom is 0.248 e. The molecule has 3 heterocycles. The van der Waals surface area contributed by atoms with Crippen LogP contribution in [0.25, 0.3) is 17.0 Å². The number of hydrogen-bond acceptors (Lipinski definition) is 9. The van der Waals surface area contributed by atoms with Crippen molar-refractivity contribution in [2.75, 3.05) is 57.2 Å². The number of benzene rings is 2. The van der Waals surface area contributed by atoms with Crippen LogP contribution in [-0.4, -0.2) is 72.3 Å². The van der Waals surface area contributed by atoms with Gasteiger partial charge in [0, 0.05) is 49.0 Å². The van der Waals surface area contributed by atoms with Crippen molar-refractivity contribution in [3.8, 4) is 11.5 Å². The van der Waals surface area contributed by atoms with Gasteiger partial charge in [-0.3, -0.25) is 14.7 Å². The zero-order valence-electron chi connectivity index (χ0n) is 22.4. The molecule has 10 heteroatoms. The lowest BCUT2D eigenvalue weighted by molar-refractivity contribution is -0.111. The molecule has 10 nitrogen and oxygen atoms in total. The van der Waals surface area contributed by atoms with E-state index in [0.29, 0.717) is 29.6 Å². The second-order valence-corrected chi connectivity index (χ2v) is 9.21. The standard InChI is InChI=1S/C30H32N6O4/c1-38-27-18-25-26(19-28(27)40-15-3-12-36-13-16-39-17-14-36)32-21-33-30(25)35-23-8-5-22(6-9-23)7-10-29(37)34-24-4-2-11-31-20-24/h2,4-11,18-21H,3,12-17H2,1H3,(H,34,37)(H,32,33,35). The van der Waals surface area contributed by atoms with Crippen LogP contribution >= 0.6 is 0 Å². The van der Waals surface area contributed by atoms with Crippen molar-refractivity contribution in [3.05, 3.63) is 78.9 Å². The highest BCUT2D eigenvalue weighted by molar-refractivity contribution is 6.01. The molecule has 0 unspecified atom stereocenters. The molecule has 2 aromatic heterocycles. The van der Waals surface area contributed by atoms with E-state index in [1.807, 2.05) is 36.4 Å². The molecular formula is C30H32N6O4. The number of fused-ring (bicyclic) bond motifs is 1. The van der Waals surface area contributed by atoms with Crippen molar-refractivity contribution in [1.82, 2.24) is 19.9 Å². The topological polar surface area (TPSA) is 111 Å². The summed E-state index contributed by atoms with van der Waals surface area (Å²) in [5, 5.41) is 6.95. The Kier molecular flexibility index (Phi) is 9.13. The second kappa shape index (κ2) is 13.5. The van der Waals surface area contributed by atoms with Gasteiger partial charge in [0.2, 0.25) is 5.91 Å². The second-order valence-electron chi connectivity index (χ2n) is 9.21. The molecule has 40 heavy (non-hydrogen) atoms. The summed E-state index contributed by atoms with van der Waals surface area (Å²) in [4.78, 5) is 27.4. The van der Waals surface area contributed by atoms with E-state index >= 15 is 0 Å². The summed E-state index contributed by atoms with van der Waals surface area (Å²) in [5.41, 5.74) is 3.13. The molecule has 4 aromatic rings. The number of carbonyl (C=O) groups excluding carboxylic acids is 1. The van der Waals surface area contributed by atoms with Gasteiger partial charge in [0.05, 0.1) is 44.3 Å². The Bertz CT molecular complexity index is 1440. The van der Waals surface area contributed by atoms with Crippen molar-refractivity contribution in [3.63, 3.8) is 0 Å². The summed E-state index contributed by atoms with van der Waals surface area (Å²) in [6, 6.07) is 15.0. The quantitative estimate of drug-likeness (QED) is 0.209. The number of nitrogens with zero attached hydrogens (tertiary/aromatic N) is 4. The number of amides is 1. The van der Waals surface area contributed by atoms with Crippen molar-refractivity contribution < 1.29 is 19.0 Å². The third kappa shape index (κ3) is 7.31. The number of morpholine rings is 1. The molecule has 1 aliphatic heterocycles. The van der Waals surface area contributed by atoms with Gasteiger partial charge in [-0.15, -0.1) is 0 Å². The van der Waals surface area contributed by atoms with Gasteiger partial charge in [0.15, 0.2) is 11.5 Å².